The lowest BCUT2D eigenvalue weighted by Gasteiger charge is -2.18. The molecular formula is C25H27FN8O. The standard InChI is InChI=1S/C25H27FN8O/c26-18-8-12-33(17-18)13-14-35-24-6-3-19(16-29-24)30-25-28-9-7-21(32-25)20-4-5-23(22(15-27)31-20)34-10-1-2-11-34/h3-7,9,16,18H,1-2,8,10-14,17H2,(H,28,30,32)/t18-/m0/s1. The summed E-state index contributed by atoms with van der Waals surface area (Å²) in [7, 11) is 0. The van der Waals surface area contributed by atoms with E-state index in [0.717, 1.165) is 38.2 Å². The molecule has 0 aromatic carbocycles. The van der Waals surface area contributed by atoms with Crippen LogP contribution in [0.4, 0.5) is 21.7 Å². The summed E-state index contributed by atoms with van der Waals surface area (Å²) in [6, 6.07) is 11.4. The van der Waals surface area contributed by atoms with Crippen molar-refractivity contribution in [2.45, 2.75) is 25.4 Å². The van der Waals surface area contributed by atoms with Crippen LogP contribution in [0.25, 0.3) is 11.4 Å². The zero-order chi connectivity index (χ0) is 24.0. The lowest BCUT2D eigenvalue weighted by atomic mass is 10.2. The van der Waals surface area contributed by atoms with Gasteiger partial charge in [0.05, 0.1) is 29.0 Å². The molecule has 180 valence electrons. The number of pyridine rings is 2. The lowest BCUT2D eigenvalue weighted by Crippen LogP contribution is -2.26. The molecule has 3 aromatic heterocycles. The molecule has 10 heteroatoms. The minimum Gasteiger partial charge on any atom is -0.476 e. The van der Waals surface area contributed by atoms with Crippen molar-refractivity contribution in [2.24, 2.45) is 0 Å². The summed E-state index contributed by atoms with van der Waals surface area (Å²) in [4.78, 5) is 22.0. The highest BCUT2D eigenvalue weighted by molar-refractivity contribution is 5.65. The van der Waals surface area contributed by atoms with E-state index in [2.05, 4.69) is 41.1 Å². The van der Waals surface area contributed by atoms with Gasteiger partial charge in [-0.25, -0.2) is 24.3 Å². The zero-order valence-corrected chi connectivity index (χ0v) is 19.4. The molecule has 0 aliphatic carbocycles. The maximum atomic E-state index is 13.2. The summed E-state index contributed by atoms with van der Waals surface area (Å²) >= 11 is 0. The number of anilines is 3. The smallest absolute Gasteiger partial charge is 0.227 e. The quantitative estimate of drug-likeness (QED) is 0.525. The SMILES string of the molecule is N#Cc1nc(-c2ccnc(Nc3ccc(OCCN4CC[C@H](F)C4)nc3)n2)ccc1N1CCCC1. The Morgan fingerprint density at radius 2 is 1.91 bits per heavy atom. The van der Waals surface area contributed by atoms with Gasteiger partial charge in [-0.3, -0.25) is 4.90 Å². The molecule has 9 nitrogen and oxygen atoms in total. The Labute approximate surface area is 203 Å². The van der Waals surface area contributed by atoms with E-state index >= 15 is 0 Å². The van der Waals surface area contributed by atoms with Gasteiger partial charge in [-0.15, -0.1) is 0 Å². The Morgan fingerprint density at radius 3 is 2.66 bits per heavy atom. The van der Waals surface area contributed by atoms with Crippen molar-refractivity contribution in [1.82, 2.24) is 24.8 Å². The number of rotatable bonds is 8. The van der Waals surface area contributed by atoms with Crippen LogP contribution < -0.4 is 15.0 Å². The molecule has 2 aliphatic rings. The molecule has 1 N–H and O–H groups in total. The second-order valence-electron chi connectivity index (χ2n) is 8.68. The van der Waals surface area contributed by atoms with Crippen LogP contribution >= 0.6 is 0 Å². The van der Waals surface area contributed by atoms with Gasteiger partial charge >= 0.3 is 0 Å². The van der Waals surface area contributed by atoms with Gasteiger partial charge in [0.2, 0.25) is 11.8 Å². The van der Waals surface area contributed by atoms with Crippen LogP contribution in [-0.4, -0.2) is 70.3 Å². The maximum Gasteiger partial charge on any atom is 0.227 e. The Hall–Kier alpha value is -3.84. The number of nitrogens with one attached hydrogen (secondary N) is 1. The zero-order valence-electron chi connectivity index (χ0n) is 19.4. The van der Waals surface area contributed by atoms with E-state index in [4.69, 9.17) is 4.74 Å². The summed E-state index contributed by atoms with van der Waals surface area (Å²) in [6.07, 6.45) is 5.44. The van der Waals surface area contributed by atoms with Gasteiger partial charge in [-0.05, 0) is 43.5 Å². The van der Waals surface area contributed by atoms with Crippen molar-refractivity contribution in [3.05, 3.63) is 48.4 Å². The number of nitriles is 1. The molecule has 0 bridgehead atoms. The second-order valence-corrected chi connectivity index (χ2v) is 8.68. The monoisotopic (exact) mass is 474 g/mol. The summed E-state index contributed by atoms with van der Waals surface area (Å²) in [5.41, 5.74) is 3.24. The molecule has 0 radical (unpaired) electrons. The Bertz CT molecular complexity index is 1190. The van der Waals surface area contributed by atoms with Gasteiger partial charge in [-0.2, -0.15) is 5.26 Å². The van der Waals surface area contributed by atoms with E-state index in [0.29, 0.717) is 60.7 Å². The third-order valence-corrected chi connectivity index (χ3v) is 6.21. The van der Waals surface area contributed by atoms with Gasteiger partial charge in [0, 0.05) is 45.0 Å². The van der Waals surface area contributed by atoms with Gasteiger partial charge in [0.15, 0.2) is 5.69 Å². The first-order chi connectivity index (χ1) is 17.2. The molecule has 2 aliphatic heterocycles. The molecule has 0 saturated carbocycles. The highest BCUT2D eigenvalue weighted by atomic mass is 19.1. The van der Waals surface area contributed by atoms with Crippen molar-refractivity contribution < 1.29 is 9.13 Å². The first kappa shape index (κ1) is 22.9. The van der Waals surface area contributed by atoms with Gasteiger partial charge in [0.25, 0.3) is 0 Å². The average molecular weight is 475 g/mol. The van der Waals surface area contributed by atoms with Gasteiger partial charge in [-0.1, -0.05) is 0 Å². The minimum atomic E-state index is -0.724. The second kappa shape index (κ2) is 10.6. The van der Waals surface area contributed by atoms with Crippen LogP contribution in [0.3, 0.4) is 0 Å². The van der Waals surface area contributed by atoms with Gasteiger partial charge in [0.1, 0.15) is 18.8 Å². The number of aromatic nitrogens is 4. The fourth-order valence-electron chi connectivity index (χ4n) is 4.39. The maximum absolute atomic E-state index is 13.2. The molecule has 2 fully saturated rings. The molecule has 35 heavy (non-hydrogen) atoms. The molecule has 0 spiro atoms. The van der Waals surface area contributed by atoms with Gasteiger partial charge < -0.3 is 15.0 Å². The Kier molecular flexibility index (Phi) is 6.95. The third kappa shape index (κ3) is 5.63. The van der Waals surface area contributed by atoms with Crippen molar-refractivity contribution in [2.75, 3.05) is 49.5 Å². The predicted molar refractivity (Wildman–Crippen MR) is 130 cm³/mol. The minimum absolute atomic E-state index is 0.400. The highest BCUT2D eigenvalue weighted by Crippen LogP contribution is 2.26. The van der Waals surface area contributed by atoms with Crippen molar-refractivity contribution in [1.29, 1.82) is 5.26 Å². The van der Waals surface area contributed by atoms with Crippen LogP contribution in [0.5, 0.6) is 5.88 Å². The van der Waals surface area contributed by atoms with E-state index in [-0.39, 0.29) is 0 Å². The summed E-state index contributed by atoms with van der Waals surface area (Å²) in [6.45, 7) is 4.31. The fourth-order valence-corrected chi connectivity index (χ4v) is 4.39. The fraction of sp³-hybridized carbons (Fsp3) is 0.400. The number of alkyl halides is 1. The Morgan fingerprint density at radius 1 is 1.06 bits per heavy atom. The topological polar surface area (TPSA) is 103 Å². The summed E-state index contributed by atoms with van der Waals surface area (Å²) in [5.74, 6) is 0.907. The molecule has 0 amide bonds. The van der Waals surface area contributed by atoms with Crippen molar-refractivity contribution in [3.63, 3.8) is 0 Å². The van der Waals surface area contributed by atoms with Crippen LogP contribution in [-0.2, 0) is 0 Å². The molecule has 5 rings (SSSR count). The molecule has 5 heterocycles. The lowest BCUT2D eigenvalue weighted by molar-refractivity contribution is 0.220. The molecule has 2 saturated heterocycles. The highest BCUT2D eigenvalue weighted by Gasteiger charge is 2.21. The first-order valence-corrected chi connectivity index (χ1v) is 11.9. The number of hydrogen-bond donors (Lipinski definition) is 1. The summed E-state index contributed by atoms with van der Waals surface area (Å²) < 4.78 is 18.9. The summed E-state index contributed by atoms with van der Waals surface area (Å²) in [5, 5.41) is 12.8. The normalized spacial score (nSPS) is 17.9. The van der Waals surface area contributed by atoms with Crippen molar-refractivity contribution >= 4 is 17.3 Å². The van der Waals surface area contributed by atoms with Crippen LogP contribution in [0.1, 0.15) is 25.0 Å². The van der Waals surface area contributed by atoms with E-state index in [1.54, 1.807) is 24.5 Å². The van der Waals surface area contributed by atoms with E-state index in [1.807, 2.05) is 18.2 Å². The first-order valence-electron chi connectivity index (χ1n) is 11.9. The Balaban J connectivity index is 1.21. The van der Waals surface area contributed by atoms with E-state index in [1.165, 1.54) is 0 Å². The number of halogens is 1. The van der Waals surface area contributed by atoms with Crippen molar-refractivity contribution in [3.8, 4) is 23.3 Å². The number of hydrogen-bond acceptors (Lipinski definition) is 9. The number of likely N-dealkylation sites (tertiary alicyclic amines) is 1. The van der Waals surface area contributed by atoms with E-state index in [9.17, 15) is 9.65 Å². The number of ether oxygens (including phenoxy) is 1. The number of nitrogens with zero attached hydrogens (tertiary/aromatic N) is 7. The predicted octanol–water partition coefficient (Wildman–Crippen LogP) is 3.57. The van der Waals surface area contributed by atoms with E-state index < -0.39 is 6.17 Å². The molecule has 0 unspecified atom stereocenters. The van der Waals surface area contributed by atoms with Crippen LogP contribution in [0, 0.1) is 11.3 Å². The van der Waals surface area contributed by atoms with Crippen LogP contribution in [0.2, 0.25) is 0 Å². The largest absolute Gasteiger partial charge is 0.476 e. The molecule has 1 atom stereocenters. The molecular weight excluding hydrogens is 447 g/mol. The van der Waals surface area contributed by atoms with Crippen LogP contribution in [0.15, 0.2) is 42.7 Å². The average Bonchev–Trinajstić information content (AvgIpc) is 3.57. The third-order valence-electron chi connectivity index (χ3n) is 6.21. The molecule has 3 aromatic rings.